The molecule has 0 N–H and O–H groups in total. The first-order valence-corrected chi connectivity index (χ1v) is 4.86. The van der Waals surface area contributed by atoms with Gasteiger partial charge in [-0.05, 0) is 34.5 Å². The van der Waals surface area contributed by atoms with Gasteiger partial charge in [0.25, 0.3) is 0 Å². The van der Waals surface area contributed by atoms with Gasteiger partial charge in [-0.25, -0.2) is 4.39 Å². The number of hydrogen-bond donors (Lipinski definition) is 0. The van der Waals surface area contributed by atoms with E-state index in [2.05, 4.69) is 15.9 Å². The van der Waals surface area contributed by atoms with Crippen LogP contribution in [0.3, 0.4) is 0 Å². The molecule has 0 fully saturated rings. The molecule has 0 amide bonds. The van der Waals surface area contributed by atoms with Crippen molar-refractivity contribution >= 4 is 22.2 Å². The van der Waals surface area contributed by atoms with Crippen molar-refractivity contribution in [3.05, 3.63) is 33.5 Å². The molecule has 0 spiro atoms. The third kappa shape index (κ3) is 2.92. The molecule has 0 bridgehead atoms. The maximum Gasteiger partial charge on any atom is 0.154 e. The zero-order valence-electron chi connectivity index (χ0n) is 7.90. The van der Waals surface area contributed by atoms with E-state index >= 15 is 0 Å². The molecule has 0 unspecified atom stereocenters. The van der Waals surface area contributed by atoms with Crippen molar-refractivity contribution in [1.82, 2.24) is 0 Å². The Morgan fingerprint density at radius 2 is 1.92 bits per heavy atom. The van der Waals surface area contributed by atoms with Crippen LogP contribution in [-0.2, 0) is 0 Å². The maximum absolute atomic E-state index is 13.0. The van der Waals surface area contributed by atoms with Crippen molar-refractivity contribution in [3.63, 3.8) is 0 Å². The van der Waals surface area contributed by atoms with Gasteiger partial charge in [-0.1, -0.05) is 19.9 Å². The Balaban J connectivity index is 0.000000671. The highest BCUT2D eigenvalue weighted by Crippen LogP contribution is 2.20. The average Bonchev–Trinajstić information content (AvgIpc) is 2.16. The largest absolute Gasteiger partial charge is 0.298 e. The summed E-state index contributed by atoms with van der Waals surface area (Å²) in [7, 11) is 0. The van der Waals surface area contributed by atoms with E-state index in [9.17, 15) is 9.18 Å². The molecule has 0 heterocycles. The smallest absolute Gasteiger partial charge is 0.154 e. The Morgan fingerprint density at radius 1 is 1.38 bits per heavy atom. The summed E-state index contributed by atoms with van der Waals surface area (Å²) < 4.78 is 13.5. The van der Waals surface area contributed by atoms with Crippen LogP contribution in [-0.4, -0.2) is 6.29 Å². The van der Waals surface area contributed by atoms with Crippen LogP contribution in [0, 0.1) is 12.7 Å². The van der Waals surface area contributed by atoms with Gasteiger partial charge in [0.15, 0.2) is 6.29 Å². The molecular weight excluding hydrogens is 235 g/mol. The van der Waals surface area contributed by atoms with Crippen molar-refractivity contribution < 1.29 is 9.18 Å². The normalized spacial score (nSPS) is 8.69. The quantitative estimate of drug-likeness (QED) is 0.691. The molecule has 0 aliphatic carbocycles. The Labute approximate surface area is 86.1 Å². The predicted octanol–water partition coefficient (Wildman–Crippen LogP) is 3.74. The van der Waals surface area contributed by atoms with Crippen LogP contribution in [0.4, 0.5) is 4.39 Å². The number of benzene rings is 1. The van der Waals surface area contributed by atoms with Gasteiger partial charge in [-0.2, -0.15) is 0 Å². The van der Waals surface area contributed by atoms with Crippen LogP contribution >= 0.6 is 15.9 Å². The lowest BCUT2D eigenvalue weighted by atomic mass is 10.1. The molecular formula is C10H12BrFO. The lowest BCUT2D eigenvalue weighted by molar-refractivity contribution is 0.111. The molecule has 0 saturated heterocycles. The van der Waals surface area contributed by atoms with Gasteiger partial charge < -0.3 is 0 Å². The molecule has 1 nitrogen and oxygen atoms in total. The van der Waals surface area contributed by atoms with Gasteiger partial charge in [0.1, 0.15) is 5.82 Å². The van der Waals surface area contributed by atoms with Crippen LogP contribution in [0.2, 0.25) is 0 Å². The van der Waals surface area contributed by atoms with E-state index in [0.717, 1.165) is 0 Å². The number of halogens is 2. The SMILES string of the molecule is CC.Cc1ccc(Br)c(C=O)c1F. The monoisotopic (exact) mass is 246 g/mol. The molecule has 3 heteroatoms. The zero-order valence-corrected chi connectivity index (χ0v) is 9.48. The van der Waals surface area contributed by atoms with Crippen LogP contribution in [0.5, 0.6) is 0 Å². The van der Waals surface area contributed by atoms with E-state index in [1.165, 1.54) is 0 Å². The van der Waals surface area contributed by atoms with E-state index in [-0.39, 0.29) is 5.56 Å². The fourth-order valence-corrected chi connectivity index (χ4v) is 1.19. The van der Waals surface area contributed by atoms with E-state index < -0.39 is 5.82 Å². The van der Waals surface area contributed by atoms with Crippen molar-refractivity contribution in [2.24, 2.45) is 0 Å². The van der Waals surface area contributed by atoms with E-state index in [0.29, 0.717) is 16.3 Å². The highest BCUT2D eigenvalue weighted by atomic mass is 79.9. The second kappa shape index (κ2) is 5.86. The predicted molar refractivity (Wildman–Crippen MR) is 55.6 cm³/mol. The number of aryl methyl sites for hydroxylation is 1. The maximum atomic E-state index is 13.0. The van der Waals surface area contributed by atoms with Crippen molar-refractivity contribution in [3.8, 4) is 0 Å². The molecule has 0 radical (unpaired) electrons. The van der Waals surface area contributed by atoms with Gasteiger partial charge in [-0.3, -0.25) is 4.79 Å². The number of rotatable bonds is 1. The fourth-order valence-electron chi connectivity index (χ4n) is 0.786. The summed E-state index contributed by atoms with van der Waals surface area (Å²) in [6.07, 6.45) is 0.506. The molecule has 13 heavy (non-hydrogen) atoms. The van der Waals surface area contributed by atoms with Crippen molar-refractivity contribution in [2.45, 2.75) is 20.8 Å². The standard InChI is InChI=1S/C8H6BrFO.C2H6/c1-5-2-3-7(9)6(4-11)8(5)10;1-2/h2-4H,1H3;1-2H3. The zero-order chi connectivity index (χ0) is 10.4. The molecule has 1 aromatic carbocycles. The Bertz CT molecular complexity index is 297. The summed E-state index contributed by atoms with van der Waals surface area (Å²) in [5.41, 5.74) is 0.570. The highest BCUT2D eigenvalue weighted by Gasteiger charge is 2.07. The summed E-state index contributed by atoms with van der Waals surface area (Å²) >= 11 is 3.07. The van der Waals surface area contributed by atoms with Gasteiger partial charge in [-0.15, -0.1) is 0 Å². The molecule has 0 aliphatic rings. The summed E-state index contributed by atoms with van der Waals surface area (Å²) in [4.78, 5) is 10.3. The second-order valence-corrected chi connectivity index (χ2v) is 3.06. The molecule has 0 atom stereocenters. The number of hydrogen-bond acceptors (Lipinski definition) is 1. The molecule has 0 saturated carbocycles. The van der Waals surface area contributed by atoms with Gasteiger partial charge >= 0.3 is 0 Å². The van der Waals surface area contributed by atoms with Gasteiger partial charge in [0.05, 0.1) is 5.56 Å². The van der Waals surface area contributed by atoms with E-state index in [1.54, 1.807) is 19.1 Å². The molecule has 0 aromatic heterocycles. The first kappa shape index (κ1) is 12.3. The minimum Gasteiger partial charge on any atom is -0.298 e. The third-order valence-corrected chi connectivity index (χ3v) is 2.13. The fraction of sp³-hybridized carbons (Fsp3) is 0.300. The van der Waals surface area contributed by atoms with E-state index in [4.69, 9.17) is 0 Å². The molecule has 1 aromatic rings. The molecule has 1 rings (SSSR count). The van der Waals surface area contributed by atoms with Gasteiger partial charge in [0.2, 0.25) is 0 Å². The van der Waals surface area contributed by atoms with Crippen LogP contribution in [0.15, 0.2) is 16.6 Å². The van der Waals surface area contributed by atoms with Crippen molar-refractivity contribution in [2.75, 3.05) is 0 Å². The number of carbonyl (C=O) groups excluding carboxylic acids is 1. The Kier molecular flexibility index (Phi) is 5.55. The first-order valence-electron chi connectivity index (χ1n) is 4.06. The summed E-state index contributed by atoms with van der Waals surface area (Å²) in [5.74, 6) is -0.450. The van der Waals surface area contributed by atoms with E-state index in [1.807, 2.05) is 13.8 Å². The number of aldehydes is 1. The Hall–Kier alpha value is -0.700. The summed E-state index contributed by atoms with van der Waals surface area (Å²) in [5, 5.41) is 0. The van der Waals surface area contributed by atoms with Crippen LogP contribution < -0.4 is 0 Å². The first-order chi connectivity index (χ1) is 6.16. The lowest BCUT2D eigenvalue weighted by Crippen LogP contribution is -1.92. The summed E-state index contributed by atoms with van der Waals surface area (Å²) in [6, 6.07) is 3.27. The van der Waals surface area contributed by atoms with Crippen molar-refractivity contribution in [1.29, 1.82) is 0 Å². The lowest BCUT2D eigenvalue weighted by Gasteiger charge is -2.00. The Morgan fingerprint density at radius 3 is 2.31 bits per heavy atom. The number of carbonyl (C=O) groups is 1. The third-order valence-electron chi connectivity index (χ3n) is 1.44. The minimum atomic E-state index is -0.450. The second-order valence-electron chi connectivity index (χ2n) is 2.21. The molecule has 0 aliphatic heterocycles. The van der Waals surface area contributed by atoms with Crippen LogP contribution in [0.25, 0.3) is 0 Å². The average molecular weight is 247 g/mol. The minimum absolute atomic E-state index is 0.0880. The van der Waals surface area contributed by atoms with Crippen LogP contribution in [0.1, 0.15) is 29.8 Å². The summed E-state index contributed by atoms with van der Waals surface area (Å²) in [6.45, 7) is 5.62. The highest BCUT2D eigenvalue weighted by molar-refractivity contribution is 9.10. The topological polar surface area (TPSA) is 17.1 Å². The molecule has 72 valence electrons. The van der Waals surface area contributed by atoms with Gasteiger partial charge in [0, 0.05) is 4.47 Å².